The topological polar surface area (TPSA) is 148 Å². The van der Waals surface area contributed by atoms with Gasteiger partial charge in [-0.15, -0.1) is 0 Å². The zero-order chi connectivity index (χ0) is 37.5. The molecule has 1 aromatic heterocycles. The van der Waals surface area contributed by atoms with E-state index in [1.54, 1.807) is 80.1 Å². The fraction of sp³-hybridized carbons (Fsp3) is 0.378. The zero-order valence-electron chi connectivity index (χ0n) is 30.1. The van der Waals surface area contributed by atoms with Crippen LogP contribution < -0.4 is 35.6 Å². The molecule has 14 nitrogen and oxygen atoms in total. The number of carbonyl (C=O) groups is 3. The number of anilines is 2. The molecule has 0 saturated carbocycles. The molecule has 2 heterocycles. The molecule has 0 aliphatic carbocycles. The highest BCUT2D eigenvalue weighted by Gasteiger charge is 2.34. The molecule has 0 radical (unpaired) electrons. The van der Waals surface area contributed by atoms with Gasteiger partial charge in [0.15, 0.2) is 5.82 Å². The predicted octanol–water partition coefficient (Wildman–Crippen LogP) is 5.05. The van der Waals surface area contributed by atoms with Crippen molar-refractivity contribution in [2.45, 2.75) is 52.3 Å². The second-order valence-electron chi connectivity index (χ2n) is 12.5. The van der Waals surface area contributed by atoms with Crippen molar-refractivity contribution in [2.24, 2.45) is 0 Å². The number of hydrogen-bond donors (Lipinski definition) is 2. The number of para-hydroxylation sites is 1. The van der Waals surface area contributed by atoms with E-state index in [2.05, 4.69) is 10.6 Å². The van der Waals surface area contributed by atoms with Gasteiger partial charge in [0.05, 0.1) is 56.0 Å². The Morgan fingerprint density at radius 3 is 2.27 bits per heavy atom. The number of aromatic nitrogens is 2. The number of benzene rings is 3. The van der Waals surface area contributed by atoms with Crippen LogP contribution in [0, 0.1) is 5.82 Å². The van der Waals surface area contributed by atoms with Gasteiger partial charge in [-0.3, -0.25) is 14.5 Å². The number of methoxy groups -OCH3 is 2. The average molecular weight is 718 g/mol. The van der Waals surface area contributed by atoms with Gasteiger partial charge in [-0.25, -0.2) is 23.6 Å². The maximum atomic E-state index is 14.3. The SMILES string of the molecule is CC[C@H](NC(=O)OC(C)C)C(=O)N1CCN(n2c(C(C)N(C(=O)Nc3ccc(F)cc3)c3ccc(OC)cc3OC)nc3ccccc3c2=O)CC1. The Balaban J connectivity index is 1.53. The van der Waals surface area contributed by atoms with E-state index in [4.69, 9.17) is 19.2 Å². The van der Waals surface area contributed by atoms with Crippen LogP contribution in [0.15, 0.2) is 71.5 Å². The Bertz CT molecular complexity index is 1960. The molecule has 2 N–H and O–H groups in total. The molecule has 1 aliphatic rings. The second kappa shape index (κ2) is 16.4. The van der Waals surface area contributed by atoms with Crippen LogP contribution in [-0.4, -0.2) is 85.1 Å². The summed E-state index contributed by atoms with van der Waals surface area (Å²) in [5.41, 5.74) is 0.787. The Kier molecular flexibility index (Phi) is 11.8. The number of urea groups is 1. The van der Waals surface area contributed by atoms with E-state index >= 15 is 0 Å². The van der Waals surface area contributed by atoms with Crippen LogP contribution in [0.4, 0.5) is 25.4 Å². The van der Waals surface area contributed by atoms with E-state index in [9.17, 15) is 23.6 Å². The summed E-state index contributed by atoms with van der Waals surface area (Å²) in [4.78, 5) is 62.3. The fourth-order valence-electron chi connectivity index (χ4n) is 6.06. The first-order chi connectivity index (χ1) is 24.9. The summed E-state index contributed by atoms with van der Waals surface area (Å²) in [5.74, 6) is 0.355. The first kappa shape index (κ1) is 37.4. The van der Waals surface area contributed by atoms with Crippen molar-refractivity contribution >= 4 is 40.3 Å². The summed E-state index contributed by atoms with van der Waals surface area (Å²) in [7, 11) is 2.98. The maximum absolute atomic E-state index is 14.3. The lowest BCUT2D eigenvalue weighted by Gasteiger charge is -2.40. The van der Waals surface area contributed by atoms with E-state index in [1.165, 1.54) is 48.1 Å². The number of nitrogens with one attached hydrogen (secondary N) is 2. The van der Waals surface area contributed by atoms with Crippen LogP contribution in [-0.2, 0) is 9.53 Å². The lowest BCUT2D eigenvalue weighted by Crippen LogP contribution is -2.59. The van der Waals surface area contributed by atoms with E-state index in [1.807, 2.05) is 0 Å². The lowest BCUT2D eigenvalue weighted by molar-refractivity contribution is -0.133. The molecule has 52 heavy (non-hydrogen) atoms. The highest BCUT2D eigenvalue weighted by atomic mass is 19.1. The summed E-state index contributed by atoms with van der Waals surface area (Å²) < 4.78 is 31.5. The third-order valence-electron chi connectivity index (χ3n) is 8.69. The van der Waals surface area contributed by atoms with Gasteiger partial charge in [0.25, 0.3) is 5.56 Å². The summed E-state index contributed by atoms with van der Waals surface area (Å²) >= 11 is 0. The van der Waals surface area contributed by atoms with Crippen molar-refractivity contribution < 1.29 is 33.0 Å². The molecule has 1 saturated heterocycles. The molecule has 0 spiro atoms. The van der Waals surface area contributed by atoms with Crippen LogP contribution in [0.25, 0.3) is 10.9 Å². The number of carbonyl (C=O) groups excluding carboxylic acids is 3. The molecule has 276 valence electrons. The summed E-state index contributed by atoms with van der Waals surface area (Å²) in [5, 5.41) is 7.66. The number of ether oxygens (including phenoxy) is 3. The van der Waals surface area contributed by atoms with Gasteiger partial charge >= 0.3 is 12.1 Å². The van der Waals surface area contributed by atoms with Gasteiger partial charge in [-0.2, -0.15) is 0 Å². The Hall–Kier alpha value is -5.86. The number of nitrogens with zero attached hydrogens (tertiary/aromatic N) is 5. The Morgan fingerprint density at radius 2 is 1.63 bits per heavy atom. The number of amides is 4. The summed E-state index contributed by atoms with van der Waals surface area (Å²) in [6.07, 6.45) is -0.632. The summed E-state index contributed by atoms with van der Waals surface area (Å²) in [6, 6.07) is 15.0. The molecule has 1 aliphatic heterocycles. The standard InChI is InChI=1S/C37H44FN7O7/c1-7-29(41-37(49)52-23(2)3)35(47)42-18-20-43(21-19-42)45-33(40-30-11-9-8-10-28(30)34(45)46)24(4)44(31-17-16-27(50-5)22-32(31)51-6)36(48)39-26-14-12-25(38)13-15-26/h8-17,22-24,29H,7,18-21H2,1-6H3,(H,39,48)(H,41,49)/t24?,29-/m0/s1. The molecular formula is C37H44FN7O7. The average Bonchev–Trinajstić information content (AvgIpc) is 3.14. The van der Waals surface area contributed by atoms with Crippen LogP contribution in [0.1, 0.15) is 46.0 Å². The first-order valence-corrected chi connectivity index (χ1v) is 17.1. The molecular weight excluding hydrogens is 673 g/mol. The number of fused-ring (bicyclic) bond motifs is 1. The number of rotatable bonds is 11. The normalized spacial score (nSPS) is 14.1. The van der Waals surface area contributed by atoms with Crippen molar-refractivity contribution in [2.75, 3.05) is 55.6 Å². The Morgan fingerprint density at radius 1 is 0.942 bits per heavy atom. The van der Waals surface area contributed by atoms with Crippen molar-refractivity contribution in [1.29, 1.82) is 0 Å². The molecule has 0 bridgehead atoms. The number of piperazine rings is 1. The predicted molar refractivity (Wildman–Crippen MR) is 195 cm³/mol. The van der Waals surface area contributed by atoms with Crippen molar-refractivity contribution in [3.05, 3.63) is 88.7 Å². The zero-order valence-corrected chi connectivity index (χ0v) is 30.1. The maximum Gasteiger partial charge on any atom is 0.408 e. The quantitative estimate of drug-likeness (QED) is 0.218. The largest absolute Gasteiger partial charge is 0.497 e. The number of alkyl carbamates (subject to hydrolysis) is 1. The van der Waals surface area contributed by atoms with Crippen molar-refractivity contribution in [3.8, 4) is 11.5 Å². The molecule has 15 heteroatoms. The van der Waals surface area contributed by atoms with E-state index in [0.717, 1.165) is 0 Å². The lowest BCUT2D eigenvalue weighted by atomic mass is 10.1. The molecule has 5 rings (SSSR count). The van der Waals surface area contributed by atoms with Gasteiger partial charge in [-0.1, -0.05) is 19.1 Å². The van der Waals surface area contributed by atoms with Crippen LogP contribution >= 0.6 is 0 Å². The minimum atomic E-state index is -0.889. The van der Waals surface area contributed by atoms with Gasteiger partial charge in [-0.05, 0) is 75.7 Å². The van der Waals surface area contributed by atoms with Gasteiger partial charge in [0.2, 0.25) is 5.91 Å². The molecule has 1 fully saturated rings. The van der Waals surface area contributed by atoms with E-state index in [0.29, 0.717) is 40.2 Å². The smallest absolute Gasteiger partial charge is 0.408 e. The third kappa shape index (κ3) is 8.19. The molecule has 3 aromatic carbocycles. The highest BCUT2D eigenvalue weighted by Crippen LogP contribution is 2.37. The Labute approximate surface area is 301 Å². The molecule has 2 atom stereocenters. The fourth-order valence-corrected chi connectivity index (χ4v) is 6.06. The first-order valence-electron chi connectivity index (χ1n) is 17.1. The van der Waals surface area contributed by atoms with Gasteiger partial charge < -0.3 is 34.8 Å². The number of halogens is 1. The molecule has 1 unspecified atom stereocenters. The van der Waals surface area contributed by atoms with Gasteiger partial charge in [0, 0.05) is 24.8 Å². The van der Waals surface area contributed by atoms with Crippen molar-refractivity contribution in [1.82, 2.24) is 19.9 Å². The van der Waals surface area contributed by atoms with Crippen LogP contribution in [0.2, 0.25) is 0 Å². The van der Waals surface area contributed by atoms with E-state index in [-0.39, 0.29) is 49.6 Å². The molecule has 4 aromatic rings. The summed E-state index contributed by atoms with van der Waals surface area (Å²) in [6.45, 7) is 8.02. The second-order valence-corrected chi connectivity index (χ2v) is 12.5. The van der Waals surface area contributed by atoms with Crippen molar-refractivity contribution in [3.63, 3.8) is 0 Å². The van der Waals surface area contributed by atoms with E-state index < -0.39 is 30.0 Å². The minimum absolute atomic E-state index is 0.250. The van der Waals surface area contributed by atoms with Crippen LogP contribution in [0.3, 0.4) is 0 Å². The third-order valence-corrected chi connectivity index (χ3v) is 8.69. The number of hydrogen-bond acceptors (Lipinski definition) is 9. The molecule has 4 amide bonds. The minimum Gasteiger partial charge on any atom is -0.497 e. The van der Waals surface area contributed by atoms with Gasteiger partial charge in [0.1, 0.15) is 23.4 Å². The highest BCUT2D eigenvalue weighted by molar-refractivity contribution is 6.03. The monoisotopic (exact) mass is 717 g/mol. The van der Waals surface area contributed by atoms with Crippen LogP contribution in [0.5, 0.6) is 11.5 Å².